The first-order valence-corrected chi connectivity index (χ1v) is 5.18. The van der Waals surface area contributed by atoms with Crippen LogP contribution < -0.4 is 5.32 Å². The van der Waals surface area contributed by atoms with Gasteiger partial charge in [0.25, 0.3) is 0 Å². The summed E-state index contributed by atoms with van der Waals surface area (Å²) in [6.45, 7) is 2.19. The number of hydrogen-bond acceptors (Lipinski definition) is 4. The lowest BCUT2D eigenvalue weighted by atomic mass is 10.1. The van der Waals surface area contributed by atoms with Crippen molar-refractivity contribution in [2.75, 3.05) is 7.11 Å². The van der Waals surface area contributed by atoms with Crippen LogP contribution in [0.4, 0.5) is 0 Å². The van der Waals surface area contributed by atoms with Crippen LogP contribution in [0, 0.1) is 0 Å². The first kappa shape index (κ1) is 13.2. The summed E-state index contributed by atoms with van der Waals surface area (Å²) >= 11 is 0. The van der Waals surface area contributed by atoms with Crippen LogP contribution in [0.2, 0.25) is 0 Å². The van der Waals surface area contributed by atoms with Crippen LogP contribution in [0.1, 0.15) is 22.8 Å². The fourth-order valence-corrected chi connectivity index (χ4v) is 1.30. The molecule has 0 aliphatic rings. The molecule has 92 valence electrons. The Morgan fingerprint density at radius 2 is 1.94 bits per heavy atom. The predicted molar refractivity (Wildman–Crippen MR) is 61.7 cm³/mol. The number of hydrogen-bond donors (Lipinski definition) is 2. The summed E-state index contributed by atoms with van der Waals surface area (Å²) in [6, 6.07) is 6.09. The van der Waals surface area contributed by atoms with E-state index in [9.17, 15) is 9.59 Å². The summed E-state index contributed by atoms with van der Waals surface area (Å²) in [4.78, 5) is 21.7. The number of carboxylic acids is 1. The highest BCUT2D eigenvalue weighted by Crippen LogP contribution is 2.04. The molecule has 0 radical (unpaired) electrons. The number of aromatic carboxylic acids is 1. The fourth-order valence-electron chi connectivity index (χ4n) is 1.30. The molecule has 0 unspecified atom stereocenters. The van der Waals surface area contributed by atoms with Gasteiger partial charge in [-0.25, -0.2) is 4.79 Å². The molecule has 5 heteroatoms. The van der Waals surface area contributed by atoms with Gasteiger partial charge in [0.2, 0.25) is 0 Å². The van der Waals surface area contributed by atoms with Gasteiger partial charge in [-0.2, -0.15) is 0 Å². The lowest BCUT2D eigenvalue weighted by molar-refractivity contribution is -0.142. The summed E-state index contributed by atoms with van der Waals surface area (Å²) in [5.74, 6) is -1.28. The highest BCUT2D eigenvalue weighted by molar-refractivity contribution is 5.87. The van der Waals surface area contributed by atoms with E-state index in [4.69, 9.17) is 5.11 Å². The van der Waals surface area contributed by atoms with Gasteiger partial charge in [-0.3, -0.25) is 4.79 Å². The van der Waals surface area contributed by atoms with E-state index in [-0.39, 0.29) is 17.6 Å². The van der Waals surface area contributed by atoms with Crippen LogP contribution in [0.5, 0.6) is 0 Å². The smallest absolute Gasteiger partial charge is 0.335 e. The molecule has 5 nitrogen and oxygen atoms in total. The Morgan fingerprint density at radius 1 is 1.35 bits per heavy atom. The van der Waals surface area contributed by atoms with E-state index in [1.54, 1.807) is 19.1 Å². The molecular formula is C12H15NO4. The summed E-state index contributed by atoms with van der Waals surface area (Å²) in [5.41, 5.74) is 1.15. The van der Waals surface area contributed by atoms with Crippen molar-refractivity contribution in [3.05, 3.63) is 35.4 Å². The second-order valence-corrected chi connectivity index (χ2v) is 3.63. The van der Waals surface area contributed by atoms with Gasteiger partial charge in [0.1, 0.15) is 6.04 Å². The fraction of sp³-hybridized carbons (Fsp3) is 0.333. The van der Waals surface area contributed by atoms with Crippen LogP contribution in [0.15, 0.2) is 24.3 Å². The molecule has 0 aromatic heterocycles. The molecule has 0 aliphatic heterocycles. The van der Waals surface area contributed by atoms with Crippen LogP contribution in [-0.2, 0) is 16.1 Å². The molecule has 17 heavy (non-hydrogen) atoms. The molecule has 0 bridgehead atoms. The summed E-state index contributed by atoms with van der Waals surface area (Å²) in [7, 11) is 1.34. The monoisotopic (exact) mass is 237 g/mol. The van der Waals surface area contributed by atoms with E-state index in [2.05, 4.69) is 10.1 Å². The number of carboxylic acid groups (broad SMARTS) is 1. The lowest BCUT2D eigenvalue weighted by Gasteiger charge is -2.11. The Bertz CT molecular complexity index is 399. The average Bonchev–Trinajstić information content (AvgIpc) is 2.35. The largest absolute Gasteiger partial charge is 0.478 e. The topological polar surface area (TPSA) is 75.6 Å². The van der Waals surface area contributed by atoms with Crippen molar-refractivity contribution in [2.24, 2.45) is 0 Å². The minimum atomic E-state index is -0.951. The molecule has 1 aromatic rings. The SMILES string of the molecule is COC(=O)[C@H](C)NCc1ccc(C(=O)O)cc1. The van der Waals surface area contributed by atoms with E-state index >= 15 is 0 Å². The molecule has 0 saturated carbocycles. The van der Waals surface area contributed by atoms with Crippen molar-refractivity contribution in [3.8, 4) is 0 Å². The zero-order valence-electron chi connectivity index (χ0n) is 9.77. The first-order chi connectivity index (χ1) is 8.04. The minimum absolute atomic E-state index is 0.245. The number of nitrogens with one attached hydrogen (secondary N) is 1. The van der Waals surface area contributed by atoms with Crippen molar-refractivity contribution >= 4 is 11.9 Å². The van der Waals surface area contributed by atoms with Gasteiger partial charge in [-0.05, 0) is 24.6 Å². The van der Waals surface area contributed by atoms with E-state index in [1.807, 2.05) is 0 Å². The maximum Gasteiger partial charge on any atom is 0.335 e. The maximum absolute atomic E-state index is 11.1. The molecule has 1 rings (SSSR count). The molecule has 1 aromatic carbocycles. The molecule has 0 spiro atoms. The highest BCUT2D eigenvalue weighted by atomic mass is 16.5. The number of rotatable bonds is 5. The van der Waals surface area contributed by atoms with E-state index < -0.39 is 5.97 Å². The Morgan fingerprint density at radius 3 is 2.41 bits per heavy atom. The van der Waals surface area contributed by atoms with Gasteiger partial charge >= 0.3 is 11.9 Å². The Kier molecular flexibility index (Phi) is 4.66. The average molecular weight is 237 g/mol. The molecule has 1 atom stereocenters. The maximum atomic E-state index is 11.1. The van der Waals surface area contributed by atoms with E-state index in [1.165, 1.54) is 19.2 Å². The first-order valence-electron chi connectivity index (χ1n) is 5.18. The number of ether oxygens (including phenoxy) is 1. The molecule has 0 aliphatic carbocycles. The Hall–Kier alpha value is -1.88. The number of carbonyl (C=O) groups excluding carboxylic acids is 1. The van der Waals surface area contributed by atoms with Gasteiger partial charge in [0.05, 0.1) is 12.7 Å². The summed E-state index contributed by atoms with van der Waals surface area (Å²) in [6.07, 6.45) is 0. The Balaban J connectivity index is 2.53. The van der Waals surface area contributed by atoms with E-state index in [0.717, 1.165) is 5.56 Å². The molecule has 0 fully saturated rings. The van der Waals surface area contributed by atoms with Gasteiger partial charge in [0.15, 0.2) is 0 Å². The van der Waals surface area contributed by atoms with Crippen LogP contribution >= 0.6 is 0 Å². The summed E-state index contributed by atoms with van der Waals surface area (Å²) < 4.78 is 4.57. The van der Waals surface area contributed by atoms with Gasteiger partial charge in [-0.15, -0.1) is 0 Å². The van der Waals surface area contributed by atoms with Crippen molar-refractivity contribution in [3.63, 3.8) is 0 Å². The van der Waals surface area contributed by atoms with Crippen molar-refractivity contribution in [1.29, 1.82) is 0 Å². The second kappa shape index (κ2) is 6.00. The lowest BCUT2D eigenvalue weighted by Crippen LogP contribution is -2.34. The van der Waals surface area contributed by atoms with Crippen LogP contribution in [0.25, 0.3) is 0 Å². The second-order valence-electron chi connectivity index (χ2n) is 3.63. The van der Waals surface area contributed by atoms with Gasteiger partial charge in [0, 0.05) is 6.54 Å². The van der Waals surface area contributed by atoms with Crippen molar-refractivity contribution in [1.82, 2.24) is 5.32 Å². The van der Waals surface area contributed by atoms with Crippen LogP contribution in [-0.4, -0.2) is 30.2 Å². The molecule has 0 amide bonds. The standard InChI is InChI=1S/C12H15NO4/c1-8(12(16)17-2)13-7-9-3-5-10(6-4-9)11(14)15/h3-6,8,13H,7H2,1-2H3,(H,14,15)/t8-/m0/s1. The Labute approximate surface area is 99.4 Å². The van der Waals surface area contributed by atoms with Gasteiger partial charge in [-0.1, -0.05) is 12.1 Å². The summed E-state index contributed by atoms with van der Waals surface area (Å²) in [5, 5.41) is 11.7. The zero-order valence-corrected chi connectivity index (χ0v) is 9.77. The molecule has 0 saturated heterocycles. The molecule has 2 N–H and O–H groups in total. The molecular weight excluding hydrogens is 222 g/mol. The highest BCUT2D eigenvalue weighted by Gasteiger charge is 2.11. The number of benzene rings is 1. The minimum Gasteiger partial charge on any atom is -0.478 e. The van der Waals surface area contributed by atoms with Crippen molar-refractivity contribution < 1.29 is 19.4 Å². The number of esters is 1. The van der Waals surface area contributed by atoms with E-state index in [0.29, 0.717) is 6.54 Å². The molecule has 0 heterocycles. The zero-order chi connectivity index (χ0) is 12.8. The predicted octanol–water partition coefficient (Wildman–Crippen LogP) is 1.04. The normalized spacial score (nSPS) is 11.9. The quantitative estimate of drug-likeness (QED) is 0.748. The third kappa shape index (κ3) is 3.88. The van der Waals surface area contributed by atoms with Gasteiger partial charge < -0.3 is 15.2 Å². The van der Waals surface area contributed by atoms with Crippen LogP contribution in [0.3, 0.4) is 0 Å². The third-order valence-electron chi connectivity index (χ3n) is 2.37. The third-order valence-corrected chi connectivity index (χ3v) is 2.37. The van der Waals surface area contributed by atoms with Crippen molar-refractivity contribution in [2.45, 2.75) is 19.5 Å². The number of methoxy groups -OCH3 is 1. The number of carbonyl (C=O) groups is 2.